The molecule has 1 aliphatic heterocycles. The molecule has 17 heavy (non-hydrogen) atoms. The maximum absolute atomic E-state index is 11.6. The molecule has 5 heteroatoms. The van der Waals surface area contributed by atoms with E-state index in [4.69, 9.17) is 4.74 Å². The largest absolute Gasteiger partial charge is 0.479 e. The van der Waals surface area contributed by atoms with Crippen molar-refractivity contribution in [1.29, 1.82) is 0 Å². The fourth-order valence-electron chi connectivity index (χ4n) is 2.69. The first-order valence-electron chi connectivity index (χ1n) is 5.91. The highest BCUT2D eigenvalue weighted by Crippen LogP contribution is 2.36. The van der Waals surface area contributed by atoms with Crippen LogP contribution in [0.5, 0.6) is 0 Å². The van der Waals surface area contributed by atoms with E-state index in [1.807, 2.05) is 13.8 Å². The van der Waals surface area contributed by atoms with Crippen LogP contribution in [0.2, 0.25) is 0 Å². The summed E-state index contributed by atoms with van der Waals surface area (Å²) in [5.74, 6) is -1.14. The van der Waals surface area contributed by atoms with Gasteiger partial charge in [0.25, 0.3) is 0 Å². The lowest BCUT2D eigenvalue weighted by molar-refractivity contribution is -0.177. The van der Waals surface area contributed by atoms with Crippen molar-refractivity contribution in [3.05, 3.63) is 0 Å². The zero-order valence-electron chi connectivity index (χ0n) is 10.9. The number of ether oxygens (including phenoxy) is 1. The van der Waals surface area contributed by atoms with E-state index in [1.165, 1.54) is 11.8 Å². The minimum atomic E-state index is -1.12. The van der Waals surface area contributed by atoms with Gasteiger partial charge in [-0.2, -0.15) is 0 Å². The smallest absolute Gasteiger partial charge is 0.329 e. The van der Waals surface area contributed by atoms with Crippen molar-refractivity contribution in [3.8, 4) is 0 Å². The van der Waals surface area contributed by atoms with E-state index in [9.17, 15) is 14.7 Å². The maximum atomic E-state index is 11.6. The van der Waals surface area contributed by atoms with E-state index in [0.29, 0.717) is 26.0 Å². The van der Waals surface area contributed by atoms with Crippen LogP contribution < -0.4 is 0 Å². The first kappa shape index (κ1) is 14.0. The van der Waals surface area contributed by atoms with Gasteiger partial charge < -0.3 is 14.7 Å². The second-order valence-corrected chi connectivity index (χ2v) is 5.13. The maximum Gasteiger partial charge on any atom is 0.329 e. The van der Waals surface area contributed by atoms with Crippen molar-refractivity contribution in [3.63, 3.8) is 0 Å². The van der Waals surface area contributed by atoms with Crippen molar-refractivity contribution < 1.29 is 19.4 Å². The van der Waals surface area contributed by atoms with Crippen LogP contribution in [-0.2, 0) is 14.3 Å². The van der Waals surface area contributed by atoms with Crippen molar-refractivity contribution in [2.24, 2.45) is 0 Å². The Balaban J connectivity index is 3.12. The molecule has 0 aromatic rings. The molecule has 1 unspecified atom stereocenters. The number of nitrogens with zero attached hydrogens (tertiary/aromatic N) is 1. The minimum absolute atomic E-state index is 0.201. The number of carboxylic acid groups (broad SMARTS) is 1. The number of carboxylic acids is 1. The van der Waals surface area contributed by atoms with Gasteiger partial charge in [0.2, 0.25) is 5.91 Å². The van der Waals surface area contributed by atoms with Gasteiger partial charge in [-0.3, -0.25) is 4.79 Å². The molecular formula is C12H21NO4. The Hall–Kier alpha value is -1.10. The van der Waals surface area contributed by atoms with Crippen LogP contribution in [0.3, 0.4) is 0 Å². The summed E-state index contributed by atoms with van der Waals surface area (Å²) in [5.41, 5.74) is -1.64. The van der Waals surface area contributed by atoms with Crippen LogP contribution in [0.15, 0.2) is 0 Å². The molecule has 1 saturated heterocycles. The summed E-state index contributed by atoms with van der Waals surface area (Å²) < 4.78 is 5.54. The summed E-state index contributed by atoms with van der Waals surface area (Å²) in [6.45, 7) is 7.70. The van der Waals surface area contributed by atoms with E-state index >= 15 is 0 Å². The second-order valence-electron chi connectivity index (χ2n) is 5.13. The van der Waals surface area contributed by atoms with Gasteiger partial charge >= 0.3 is 5.97 Å². The average Bonchev–Trinajstić information content (AvgIpc) is 2.15. The Morgan fingerprint density at radius 1 is 1.41 bits per heavy atom. The first-order valence-corrected chi connectivity index (χ1v) is 5.91. The third kappa shape index (κ3) is 2.60. The highest BCUT2D eigenvalue weighted by molar-refractivity contribution is 5.86. The highest BCUT2D eigenvalue weighted by Gasteiger charge is 2.51. The molecule has 5 nitrogen and oxygen atoms in total. The standard InChI is InChI=1S/C12H21NO4/c1-5-13(9(2)14)12(10(15)16)6-7-17-11(3,4)8-12/h5-8H2,1-4H3,(H,15,16). The van der Waals surface area contributed by atoms with Gasteiger partial charge in [0.15, 0.2) is 0 Å². The Kier molecular flexibility index (Phi) is 3.81. The molecule has 1 atom stereocenters. The Morgan fingerprint density at radius 3 is 2.35 bits per heavy atom. The van der Waals surface area contributed by atoms with Crippen LogP contribution >= 0.6 is 0 Å². The number of aliphatic carboxylic acids is 1. The van der Waals surface area contributed by atoms with Gasteiger partial charge in [-0.1, -0.05) is 0 Å². The Morgan fingerprint density at radius 2 is 2.00 bits per heavy atom. The third-order valence-electron chi connectivity index (χ3n) is 3.34. The molecule has 0 aromatic carbocycles. The van der Waals surface area contributed by atoms with Gasteiger partial charge in [0.05, 0.1) is 12.2 Å². The molecule has 1 N–H and O–H groups in total. The van der Waals surface area contributed by atoms with Crippen molar-refractivity contribution in [2.45, 2.75) is 51.7 Å². The molecule has 1 fully saturated rings. The predicted molar refractivity (Wildman–Crippen MR) is 62.7 cm³/mol. The monoisotopic (exact) mass is 243 g/mol. The number of carbonyl (C=O) groups is 2. The van der Waals surface area contributed by atoms with Crippen molar-refractivity contribution in [1.82, 2.24) is 4.90 Å². The fourth-order valence-corrected chi connectivity index (χ4v) is 2.69. The van der Waals surface area contributed by atoms with Crippen LogP contribution in [0, 0.1) is 0 Å². The van der Waals surface area contributed by atoms with Crippen LogP contribution in [0.1, 0.15) is 40.5 Å². The molecule has 0 aromatic heterocycles. The number of rotatable bonds is 3. The molecule has 1 rings (SSSR count). The molecule has 1 amide bonds. The normalized spacial score (nSPS) is 27.5. The fraction of sp³-hybridized carbons (Fsp3) is 0.833. The summed E-state index contributed by atoms with van der Waals surface area (Å²) in [7, 11) is 0. The minimum Gasteiger partial charge on any atom is -0.479 e. The van der Waals surface area contributed by atoms with Crippen LogP contribution in [0.4, 0.5) is 0 Å². The molecule has 0 saturated carbocycles. The lowest BCUT2D eigenvalue weighted by Gasteiger charge is -2.47. The molecule has 0 aliphatic carbocycles. The molecule has 0 bridgehead atoms. The van der Waals surface area contributed by atoms with Gasteiger partial charge in [0.1, 0.15) is 5.54 Å². The molecule has 0 spiro atoms. The molecule has 98 valence electrons. The van der Waals surface area contributed by atoms with Gasteiger partial charge in [-0.05, 0) is 20.8 Å². The summed E-state index contributed by atoms with van der Waals surface area (Å²) >= 11 is 0. The zero-order valence-corrected chi connectivity index (χ0v) is 10.9. The number of hydrogen-bond acceptors (Lipinski definition) is 3. The van der Waals surface area contributed by atoms with E-state index in [1.54, 1.807) is 6.92 Å². The second kappa shape index (κ2) is 4.64. The SMILES string of the molecule is CCN(C(C)=O)C1(C(=O)O)CCOC(C)(C)C1. The van der Waals surface area contributed by atoms with E-state index < -0.39 is 17.1 Å². The first-order chi connectivity index (χ1) is 7.75. The lowest BCUT2D eigenvalue weighted by Crippen LogP contribution is -2.62. The number of hydrogen-bond donors (Lipinski definition) is 1. The van der Waals surface area contributed by atoms with E-state index in [-0.39, 0.29) is 5.91 Å². The third-order valence-corrected chi connectivity index (χ3v) is 3.34. The predicted octanol–water partition coefficient (Wildman–Crippen LogP) is 1.27. The Labute approximate surface area is 102 Å². The van der Waals surface area contributed by atoms with Crippen molar-refractivity contribution in [2.75, 3.05) is 13.2 Å². The number of carbonyl (C=O) groups excluding carboxylic acids is 1. The van der Waals surface area contributed by atoms with Crippen molar-refractivity contribution >= 4 is 11.9 Å². The molecular weight excluding hydrogens is 222 g/mol. The van der Waals surface area contributed by atoms with E-state index in [0.717, 1.165) is 0 Å². The molecule has 0 radical (unpaired) electrons. The molecule has 1 heterocycles. The quantitative estimate of drug-likeness (QED) is 0.810. The molecule has 1 aliphatic rings. The van der Waals surface area contributed by atoms with Gasteiger partial charge in [0, 0.05) is 26.3 Å². The number of amides is 1. The average molecular weight is 243 g/mol. The summed E-state index contributed by atoms with van der Waals surface area (Å²) in [6, 6.07) is 0. The van der Waals surface area contributed by atoms with Crippen LogP contribution in [0.25, 0.3) is 0 Å². The van der Waals surface area contributed by atoms with Gasteiger partial charge in [-0.25, -0.2) is 4.79 Å². The van der Waals surface area contributed by atoms with Gasteiger partial charge in [-0.15, -0.1) is 0 Å². The summed E-state index contributed by atoms with van der Waals surface area (Å²) in [4.78, 5) is 24.7. The number of likely N-dealkylation sites (N-methyl/N-ethyl adjacent to an activating group) is 1. The summed E-state index contributed by atoms with van der Waals surface area (Å²) in [5, 5.41) is 9.52. The summed E-state index contributed by atoms with van der Waals surface area (Å²) in [6.07, 6.45) is 0.669. The van der Waals surface area contributed by atoms with Crippen LogP contribution in [-0.4, -0.2) is 46.2 Å². The highest BCUT2D eigenvalue weighted by atomic mass is 16.5. The lowest BCUT2D eigenvalue weighted by atomic mass is 9.79. The zero-order chi connectivity index (χ0) is 13.3. The van der Waals surface area contributed by atoms with E-state index in [2.05, 4.69) is 0 Å². The Bertz CT molecular complexity index is 326. The topological polar surface area (TPSA) is 66.8 Å².